The largest absolute Gasteiger partial charge is 0.416 e. The number of carbonyl (C=O) groups excluding carboxylic acids is 1. The van der Waals surface area contributed by atoms with Gasteiger partial charge in [-0.15, -0.1) is 0 Å². The molecular weight excluding hydrogens is 602 g/mol. The zero-order valence-electron chi connectivity index (χ0n) is 23.0. The van der Waals surface area contributed by atoms with Gasteiger partial charge in [-0.1, -0.05) is 18.5 Å². The van der Waals surface area contributed by atoms with Gasteiger partial charge in [0.1, 0.15) is 0 Å². The SMILES string of the molecule is CCC1CC(N(Cc2cc(C(F)(F)F)cc(C(F)(F)F)c2)c2ncc(N3CCNC3=O)cn2)CN1c1nc(C)[n+]#cc1Cl. The van der Waals surface area contributed by atoms with Crippen molar-refractivity contribution in [1.82, 2.24) is 20.3 Å². The Kier molecular flexibility index (Phi) is 8.17. The van der Waals surface area contributed by atoms with Crippen molar-refractivity contribution in [2.75, 3.05) is 34.3 Å². The predicted octanol–water partition coefficient (Wildman–Crippen LogP) is 4.86. The molecule has 0 bridgehead atoms. The van der Waals surface area contributed by atoms with Crippen LogP contribution in [0.25, 0.3) is 0 Å². The maximum Gasteiger partial charge on any atom is 0.416 e. The summed E-state index contributed by atoms with van der Waals surface area (Å²) in [5.41, 5.74) is -2.64. The van der Waals surface area contributed by atoms with Gasteiger partial charge in [0.05, 0.1) is 42.2 Å². The van der Waals surface area contributed by atoms with Gasteiger partial charge >= 0.3 is 24.2 Å². The molecule has 4 heterocycles. The zero-order valence-corrected chi connectivity index (χ0v) is 23.7. The number of nitrogens with one attached hydrogen (secondary N) is 1. The second-order valence-electron chi connectivity index (χ2n) is 10.3. The number of alkyl halides is 6. The van der Waals surface area contributed by atoms with E-state index in [1.165, 1.54) is 17.3 Å². The Morgan fingerprint density at radius 2 is 1.77 bits per heavy atom. The van der Waals surface area contributed by atoms with E-state index in [0.29, 0.717) is 55.4 Å². The van der Waals surface area contributed by atoms with Crippen LogP contribution in [0.4, 0.5) is 48.6 Å². The number of aryl methyl sites for hydroxylation is 1. The molecule has 2 aromatic heterocycles. The summed E-state index contributed by atoms with van der Waals surface area (Å²) in [6.07, 6.45) is -3.38. The molecule has 228 valence electrons. The minimum absolute atomic E-state index is 0.0764. The minimum atomic E-state index is -5.00. The first-order valence-electron chi connectivity index (χ1n) is 13.4. The molecule has 5 rings (SSSR count). The number of carbonyl (C=O) groups is 1. The topological polar surface area (TPSA) is 91.6 Å². The Balaban J connectivity index is 1.55. The second kappa shape index (κ2) is 11.6. The van der Waals surface area contributed by atoms with E-state index in [4.69, 9.17) is 11.6 Å². The third kappa shape index (κ3) is 6.48. The zero-order chi connectivity index (χ0) is 31.1. The number of rotatable bonds is 7. The van der Waals surface area contributed by atoms with Crippen LogP contribution in [0.15, 0.2) is 30.6 Å². The van der Waals surface area contributed by atoms with Crippen molar-refractivity contribution < 1.29 is 36.1 Å². The molecule has 0 aliphatic carbocycles. The maximum atomic E-state index is 13.7. The number of anilines is 3. The molecule has 2 amide bonds. The number of benzene rings is 1. The average molecular weight is 628 g/mol. The summed E-state index contributed by atoms with van der Waals surface area (Å²) in [7, 11) is 0. The van der Waals surface area contributed by atoms with Crippen molar-refractivity contribution in [1.29, 1.82) is 0 Å². The number of urea groups is 1. The van der Waals surface area contributed by atoms with E-state index < -0.39 is 29.5 Å². The fourth-order valence-electron chi connectivity index (χ4n) is 5.35. The minimum Gasteiger partial charge on any atom is -0.336 e. The number of amides is 2. The molecule has 2 saturated heterocycles. The molecule has 0 radical (unpaired) electrons. The second-order valence-corrected chi connectivity index (χ2v) is 10.7. The Morgan fingerprint density at radius 1 is 1.12 bits per heavy atom. The Hall–Kier alpha value is -4.06. The third-order valence-corrected chi connectivity index (χ3v) is 7.66. The lowest BCUT2D eigenvalue weighted by atomic mass is 10.0. The molecule has 1 aromatic carbocycles. The average Bonchev–Trinajstić information content (AvgIpc) is 3.58. The van der Waals surface area contributed by atoms with Crippen molar-refractivity contribution >= 4 is 35.1 Å². The highest BCUT2D eigenvalue weighted by Gasteiger charge is 2.41. The van der Waals surface area contributed by atoms with E-state index in [9.17, 15) is 31.1 Å². The van der Waals surface area contributed by atoms with E-state index in [1.54, 1.807) is 11.8 Å². The van der Waals surface area contributed by atoms with E-state index in [1.807, 2.05) is 11.8 Å². The molecule has 0 saturated carbocycles. The lowest BCUT2D eigenvalue weighted by molar-refractivity contribution is -0.310. The first kappa shape index (κ1) is 30.4. The van der Waals surface area contributed by atoms with Crippen molar-refractivity contribution in [3.8, 4) is 0 Å². The third-order valence-electron chi connectivity index (χ3n) is 7.41. The summed E-state index contributed by atoms with van der Waals surface area (Å²) in [6, 6.07) is 0.598. The van der Waals surface area contributed by atoms with Crippen LogP contribution >= 0.6 is 11.6 Å². The number of nitrogens with zero attached hydrogens (tertiary/aromatic N) is 7. The van der Waals surface area contributed by atoms with Crippen LogP contribution in [0, 0.1) is 13.1 Å². The number of aromatic nitrogens is 4. The summed E-state index contributed by atoms with van der Waals surface area (Å²) in [5, 5.41) is 2.85. The summed E-state index contributed by atoms with van der Waals surface area (Å²) < 4.78 is 81.9. The van der Waals surface area contributed by atoms with Crippen LogP contribution in [0.2, 0.25) is 5.02 Å². The van der Waals surface area contributed by atoms with Gasteiger partial charge in [-0.25, -0.2) is 14.8 Å². The Morgan fingerprint density at radius 3 is 2.33 bits per heavy atom. The summed E-state index contributed by atoms with van der Waals surface area (Å²) in [4.78, 5) is 34.3. The summed E-state index contributed by atoms with van der Waals surface area (Å²) in [5.74, 6) is 0.939. The monoisotopic (exact) mass is 627 g/mol. The van der Waals surface area contributed by atoms with Gasteiger partial charge in [0, 0.05) is 32.2 Å². The molecule has 3 aromatic rings. The highest BCUT2D eigenvalue weighted by atomic mass is 35.5. The number of halogens is 7. The van der Waals surface area contributed by atoms with E-state index >= 15 is 0 Å². The smallest absolute Gasteiger partial charge is 0.336 e. The van der Waals surface area contributed by atoms with Gasteiger partial charge in [0.25, 0.3) is 5.82 Å². The molecule has 2 unspecified atom stereocenters. The standard InChI is InChI=1S/C27H25ClF6N8O/c1-3-19-9-20(14-41(19)23-22(28)12-36-15(2)39-23)42(24-37-10-21(11-38-24)40-5-4-35-25(40)43)13-16-6-17(26(29,30)31)8-18(7-16)27(32,33)34/h6-8,10-11,19-20H,3-5,9,13-14H2,1-2H3/p+1. The molecule has 2 atom stereocenters. The quantitative estimate of drug-likeness (QED) is 0.374. The number of hydrogen-bond acceptors (Lipinski definition) is 6. The van der Waals surface area contributed by atoms with Crippen LogP contribution in [-0.2, 0) is 18.9 Å². The van der Waals surface area contributed by atoms with Gasteiger partial charge in [0.15, 0.2) is 0 Å². The van der Waals surface area contributed by atoms with Crippen molar-refractivity contribution in [2.24, 2.45) is 0 Å². The molecule has 16 heteroatoms. The number of hydrogen-bond donors (Lipinski definition) is 1. The van der Waals surface area contributed by atoms with Crippen LogP contribution < -0.4 is 25.0 Å². The predicted molar refractivity (Wildman–Crippen MR) is 144 cm³/mol. The van der Waals surface area contributed by atoms with Crippen LogP contribution in [0.1, 0.15) is 42.3 Å². The molecule has 1 N–H and O–H groups in total. The molecule has 43 heavy (non-hydrogen) atoms. The van der Waals surface area contributed by atoms with Crippen molar-refractivity contribution in [2.45, 2.75) is 57.7 Å². The van der Waals surface area contributed by atoms with Crippen LogP contribution in [-0.4, -0.2) is 52.7 Å². The Labute approximate surface area is 247 Å². The van der Waals surface area contributed by atoms with Gasteiger partial charge < -0.3 is 15.1 Å². The van der Waals surface area contributed by atoms with Crippen LogP contribution in [0.5, 0.6) is 0 Å². The van der Waals surface area contributed by atoms with Gasteiger partial charge in [-0.3, -0.25) is 4.90 Å². The first-order chi connectivity index (χ1) is 20.2. The van der Waals surface area contributed by atoms with E-state index in [-0.39, 0.29) is 47.8 Å². The lowest BCUT2D eigenvalue weighted by Crippen LogP contribution is -2.39. The fraction of sp³-hybridized carbons (Fsp3) is 0.444. The Bertz CT molecular complexity index is 1450. The lowest BCUT2D eigenvalue weighted by Gasteiger charge is -2.30. The summed E-state index contributed by atoms with van der Waals surface area (Å²) in [6.45, 7) is 4.37. The van der Waals surface area contributed by atoms with Gasteiger partial charge in [-0.2, -0.15) is 31.3 Å². The van der Waals surface area contributed by atoms with E-state index in [0.717, 1.165) is 0 Å². The molecule has 2 aliphatic rings. The fourth-order valence-corrected chi connectivity index (χ4v) is 5.55. The molecule has 0 spiro atoms. The highest BCUT2D eigenvalue weighted by Crippen LogP contribution is 2.38. The summed E-state index contributed by atoms with van der Waals surface area (Å²) >= 11 is 6.37. The highest BCUT2D eigenvalue weighted by molar-refractivity contribution is 6.32. The molecule has 9 nitrogen and oxygen atoms in total. The van der Waals surface area contributed by atoms with Crippen molar-refractivity contribution in [3.05, 3.63) is 64.3 Å². The molecule has 2 fully saturated rings. The molecule has 2 aliphatic heterocycles. The van der Waals surface area contributed by atoms with Gasteiger partial charge in [0.2, 0.25) is 17.2 Å². The van der Waals surface area contributed by atoms with E-state index in [2.05, 4.69) is 31.4 Å². The normalized spacial score (nSPS) is 19.0. The maximum absolute atomic E-state index is 13.7. The first-order valence-corrected chi connectivity index (χ1v) is 13.7. The molecular formula is C27H26ClF6N8O+. The van der Waals surface area contributed by atoms with Gasteiger partial charge in [-0.05, 0) is 41.6 Å². The van der Waals surface area contributed by atoms with Crippen LogP contribution in [0.3, 0.4) is 0 Å². The van der Waals surface area contributed by atoms with Crippen molar-refractivity contribution in [3.63, 3.8) is 0 Å².